The number of nitrogen functional groups attached to an aromatic ring is 1. The molecule has 0 radical (unpaired) electrons. The number of rotatable bonds is 4. The molecule has 0 spiro atoms. The largest absolute Gasteiger partial charge is 0.397 e. The molecule has 19 heavy (non-hydrogen) atoms. The van der Waals surface area contributed by atoms with Gasteiger partial charge in [-0.1, -0.05) is 13.8 Å². The molecular weight excluding hydrogens is 262 g/mol. The summed E-state index contributed by atoms with van der Waals surface area (Å²) in [5.41, 5.74) is 12.5. The summed E-state index contributed by atoms with van der Waals surface area (Å²) < 4.78 is 0. The fourth-order valence-corrected chi connectivity index (χ4v) is 2.35. The minimum atomic E-state index is -0.581. The fourth-order valence-electron chi connectivity index (χ4n) is 1.48. The molecule has 0 saturated carbocycles. The zero-order valence-electron chi connectivity index (χ0n) is 10.7. The molecule has 7 heteroatoms. The van der Waals surface area contributed by atoms with E-state index in [1.54, 1.807) is 0 Å². The van der Waals surface area contributed by atoms with Crippen LogP contribution >= 0.6 is 11.3 Å². The van der Waals surface area contributed by atoms with E-state index < -0.39 is 5.91 Å². The van der Waals surface area contributed by atoms with Gasteiger partial charge in [0.25, 0.3) is 5.91 Å². The second kappa shape index (κ2) is 5.23. The van der Waals surface area contributed by atoms with Gasteiger partial charge in [0, 0.05) is 5.38 Å². The Morgan fingerprint density at radius 3 is 2.79 bits per heavy atom. The van der Waals surface area contributed by atoms with Crippen molar-refractivity contribution in [1.29, 1.82) is 0 Å². The Morgan fingerprint density at radius 2 is 2.21 bits per heavy atom. The summed E-state index contributed by atoms with van der Waals surface area (Å²) >= 11 is 1.45. The maximum Gasteiger partial charge on any atom is 0.252 e. The van der Waals surface area contributed by atoms with E-state index >= 15 is 0 Å². The Morgan fingerprint density at radius 1 is 1.47 bits per heavy atom. The second-order valence-electron chi connectivity index (χ2n) is 4.39. The Balaban J connectivity index is 2.29. The van der Waals surface area contributed by atoms with Crippen LogP contribution in [0.1, 0.15) is 35.8 Å². The van der Waals surface area contributed by atoms with Gasteiger partial charge in [0.1, 0.15) is 5.82 Å². The van der Waals surface area contributed by atoms with Crippen LogP contribution < -0.4 is 16.8 Å². The molecule has 0 unspecified atom stereocenters. The van der Waals surface area contributed by atoms with Crippen molar-refractivity contribution in [3.63, 3.8) is 0 Å². The molecule has 2 rings (SSSR count). The second-order valence-corrected chi connectivity index (χ2v) is 5.24. The number of aromatic nitrogens is 2. The first-order chi connectivity index (χ1) is 8.97. The van der Waals surface area contributed by atoms with Crippen LogP contribution in [0, 0.1) is 0 Å². The number of carbonyl (C=O) groups excluding carboxylic acids is 1. The predicted octanol–water partition coefficient (Wildman–Crippen LogP) is 2.09. The first kappa shape index (κ1) is 13.3. The van der Waals surface area contributed by atoms with Gasteiger partial charge in [0.15, 0.2) is 5.13 Å². The van der Waals surface area contributed by atoms with Gasteiger partial charge in [-0.2, -0.15) is 0 Å². The number of pyridine rings is 1. The van der Waals surface area contributed by atoms with Crippen LogP contribution in [-0.4, -0.2) is 15.9 Å². The SMILES string of the molecule is CC(C)c1csc(Nc2ncc(N)cc2C(N)=O)n1. The first-order valence-electron chi connectivity index (χ1n) is 5.75. The molecule has 2 aromatic rings. The first-order valence-corrected chi connectivity index (χ1v) is 6.63. The lowest BCUT2D eigenvalue weighted by molar-refractivity contribution is 0.100. The Hall–Kier alpha value is -2.15. The van der Waals surface area contributed by atoms with Gasteiger partial charge < -0.3 is 16.8 Å². The fraction of sp³-hybridized carbons (Fsp3) is 0.250. The molecule has 2 heterocycles. The van der Waals surface area contributed by atoms with E-state index in [9.17, 15) is 4.79 Å². The lowest BCUT2D eigenvalue weighted by Crippen LogP contribution is -2.14. The van der Waals surface area contributed by atoms with Gasteiger partial charge in [-0.25, -0.2) is 9.97 Å². The van der Waals surface area contributed by atoms with Crippen LogP contribution in [0.2, 0.25) is 0 Å². The predicted molar refractivity (Wildman–Crippen MR) is 76.7 cm³/mol. The minimum absolute atomic E-state index is 0.251. The van der Waals surface area contributed by atoms with Crippen molar-refractivity contribution in [3.05, 3.63) is 28.9 Å². The van der Waals surface area contributed by atoms with Gasteiger partial charge >= 0.3 is 0 Å². The summed E-state index contributed by atoms with van der Waals surface area (Å²) in [6, 6.07) is 1.49. The average molecular weight is 277 g/mol. The van der Waals surface area contributed by atoms with E-state index in [2.05, 4.69) is 29.1 Å². The Kier molecular flexibility index (Phi) is 3.66. The lowest BCUT2D eigenvalue weighted by Gasteiger charge is -2.07. The van der Waals surface area contributed by atoms with E-state index in [1.807, 2.05) is 5.38 Å². The monoisotopic (exact) mass is 277 g/mol. The van der Waals surface area contributed by atoms with Crippen molar-refractivity contribution in [2.75, 3.05) is 11.1 Å². The topological polar surface area (TPSA) is 107 Å². The standard InChI is InChI=1S/C12H15N5OS/c1-6(2)9-5-19-12(16-9)17-11-8(10(14)18)3-7(13)4-15-11/h3-6H,13H2,1-2H3,(H2,14,18)(H,15,16,17). The Labute approximate surface area is 114 Å². The summed E-state index contributed by atoms with van der Waals surface area (Å²) in [6.07, 6.45) is 1.46. The third-order valence-electron chi connectivity index (χ3n) is 2.51. The van der Waals surface area contributed by atoms with Gasteiger partial charge in [-0.3, -0.25) is 4.79 Å². The summed E-state index contributed by atoms with van der Waals surface area (Å²) in [4.78, 5) is 19.8. The highest BCUT2D eigenvalue weighted by Crippen LogP contribution is 2.25. The van der Waals surface area contributed by atoms with E-state index in [4.69, 9.17) is 11.5 Å². The number of amides is 1. The highest BCUT2D eigenvalue weighted by Gasteiger charge is 2.12. The smallest absolute Gasteiger partial charge is 0.252 e. The third kappa shape index (κ3) is 3.00. The molecule has 6 nitrogen and oxygen atoms in total. The molecule has 2 aromatic heterocycles. The number of carbonyl (C=O) groups is 1. The number of thiazole rings is 1. The molecular formula is C12H15N5OS. The highest BCUT2D eigenvalue weighted by atomic mass is 32.1. The number of nitrogens with zero attached hydrogens (tertiary/aromatic N) is 2. The molecule has 0 saturated heterocycles. The molecule has 0 aromatic carbocycles. The molecule has 0 aliphatic rings. The van der Waals surface area contributed by atoms with E-state index in [0.29, 0.717) is 22.6 Å². The number of hydrogen-bond acceptors (Lipinski definition) is 6. The minimum Gasteiger partial charge on any atom is -0.397 e. The molecule has 0 aliphatic carbocycles. The number of nitrogens with two attached hydrogens (primary N) is 2. The van der Waals surface area contributed by atoms with Gasteiger partial charge in [0.05, 0.1) is 23.1 Å². The molecule has 0 aliphatic heterocycles. The number of hydrogen-bond donors (Lipinski definition) is 3. The molecule has 1 amide bonds. The molecule has 0 bridgehead atoms. The van der Waals surface area contributed by atoms with Gasteiger partial charge in [-0.15, -0.1) is 11.3 Å². The summed E-state index contributed by atoms with van der Waals surface area (Å²) in [5.74, 6) is 0.135. The summed E-state index contributed by atoms with van der Waals surface area (Å²) in [7, 11) is 0. The molecule has 0 fully saturated rings. The number of anilines is 3. The van der Waals surface area contributed by atoms with Crippen LogP contribution in [0.15, 0.2) is 17.6 Å². The summed E-state index contributed by atoms with van der Waals surface area (Å²) in [6.45, 7) is 4.13. The van der Waals surface area contributed by atoms with E-state index in [1.165, 1.54) is 23.6 Å². The van der Waals surface area contributed by atoms with Crippen molar-refractivity contribution in [2.45, 2.75) is 19.8 Å². The van der Waals surface area contributed by atoms with Crippen LogP contribution in [0.4, 0.5) is 16.6 Å². The molecule has 0 atom stereocenters. The van der Waals surface area contributed by atoms with Crippen molar-refractivity contribution in [3.8, 4) is 0 Å². The quantitative estimate of drug-likeness (QED) is 0.793. The van der Waals surface area contributed by atoms with E-state index in [0.717, 1.165) is 5.69 Å². The van der Waals surface area contributed by atoms with Crippen molar-refractivity contribution >= 4 is 33.9 Å². The zero-order valence-corrected chi connectivity index (χ0v) is 11.5. The van der Waals surface area contributed by atoms with Gasteiger partial charge in [0.2, 0.25) is 0 Å². The van der Waals surface area contributed by atoms with Gasteiger partial charge in [-0.05, 0) is 12.0 Å². The lowest BCUT2D eigenvalue weighted by atomic mass is 10.2. The van der Waals surface area contributed by atoms with Crippen molar-refractivity contribution in [2.24, 2.45) is 5.73 Å². The molecule has 100 valence electrons. The summed E-state index contributed by atoms with van der Waals surface area (Å²) in [5, 5.41) is 5.63. The molecule has 5 N–H and O–H groups in total. The number of primary amides is 1. The van der Waals surface area contributed by atoms with Crippen molar-refractivity contribution in [1.82, 2.24) is 9.97 Å². The third-order valence-corrected chi connectivity index (χ3v) is 3.29. The van der Waals surface area contributed by atoms with Crippen LogP contribution in [0.3, 0.4) is 0 Å². The van der Waals surface area contributed by atoms with Crippen LogP contribution in [-0.2, 0) is 0 Å². The van der Waals surface area contributed by atoms with E-state index in [-0.39, 0.29) is 5.56 Å². The normalized spacial score (nSPS) is 10.7. The van der Waals surface area contributed by atoms with Crippen LogP contribution in [0.25, 0.3) is 0 Å². The number of nitrogens with one attached hydrogen (secondary N) is 1. The average Bonchev–Trinajstić information content (AvgIpc) is 2.80. The van der Waals surface area contributed by atoms with Crippen LogP contribution in [0.5, 0.6) is 0 Å². The zero-order chi connectivity index (χ0) is 14.0. The maximum atomic E-state index is 11.3. The maximum absolute atomic E-state index is 11.3. The Bertz CT molecular complexity index is 608. The van der Waals surface area contributed by atoms with Crippen molar-refractivity contribution < 1.29 is 4.79 Å². The highest BCUT2D eigenvalue weighted by molar-refractivity contribution is 7.13.